The summed E-state index contributed by atoms with van der Waals surface area (Å²) < 4.78 is 1.18. The molecule has 2 aromatic rings. The zero-order chi connectivity index (χ0) is 13.0. The van der Waals surface area contributed by atoms with E-state index in [0.717, 1.165) is 13.1 Å². The molecule has 0 aliphatic heterocycles. The molecule has 0 unspecified atom stereocenters. The summed E-state index contributed by atoms with van der Waals surface area (Å²) in [6.07, 6.45) is 0. The Morgan fingerprint density at radius 2 is 2.06 bits per heavy atom. The zero-order valence-electron chi connectivity index (χ0n) is 10.6. The highest BCUT2D eigenvalue weighted by molar-refractivity contribution is 9.11. The van der Waals surface area contributed by atoms with Gasteiger partial charge in [-0.3, -0.25) is 0 Å². The van der Waals surface area contributed by atoms with Crippen molar-refractivity contribution >= 4 is 33.0 Å². The predicted octanol–water partition coefficient (Wildman–Crippen LogP) is 4.18. The van der Waals surface area contributed by atoms with Gasteiger partial charge in [-0.2, -0.15) is 0 Å². The number of rotatable bonds is 5. The highest BCUT2D eigenvalue weighted by atomic mass is 79.9. The van der Waals surface area contributed by atoms with Crippen LogP contribution in [0.3, 0.4) is 0 Å². The molecule has 0 saturated carbocycles. The Kier molecular flexibility index (Phi) is 4.80. The van der Waals surface area contributed by atoms with Crippen LogP contribution in [-0.2, 0) is 13.1 Å². The van der Waals surface area contributed by atoms with Crippen LogP contribution in [0.2, 0.25) is 0 Å². The summed E-state index contributed by atoms with van der Waals surface area (Å²) in [6, 6.07) is 12.8. The second-order valence-corrected chi connectivity index (χ2v) is 7.05. The van der Waals surface area contributed by atoms with Gasteiger partial charge in [0.05, 0.1) is 3.79 Å². The minimum Gasteiger partial charge on any atom is -0.380 e. The standard InChI is InChI=1S/C14H17BrN2S/c1-17(2)10-11-4-3-5-12(8-11)16-9-13-6-7-14(15)18-13/h3-8,16H,9-10H2,1-2H3. The summed E-state index contributed by atoms with van der Waals surface area (Å²) in [5.41, 5.74) is 2.51. The Bertz CT molecular complexity index is 508. The molecule has 1 aromatic heterocycles. The van der Waals surface area contributed by atoms with Gasteiger partial charge in [-0.25, -0.2) is 0 Å². The van der Waals surface area contributed by atoms with Gasteiger partial charge in [0.1, 0.15) is 0 Å². The number of anilines is 1. The fraction of sp³-hybridized carbons (Fsp3) is 0.286. The summed E-state index contributed by atoms with van der Waals surface area (Å²) in [7, 11) is 4.17. The minimum atomic E-state index is 0.877. The molecule has 0 spiro atoms. The van der Waals surface area contributed by atoms with Crippen molar-refractivity contribution < 1.29 is 0 Å². The topological polar surface area (TPSA) is 15.3 Å². The third kappa shape index (κ3) is 4.12. The average molecular weight is 325 g/mol. The van der Waals surface area contributed by atoms with E-state index in [2.05, 4.69) is 76.6 Å². The van der Waals surface area contributed by atoms with Gasteiger partial charge in [-0.05, 0) is 59.9 Å². The van der Waals surface area contributed by atoms with Crippen LogP contribution in [0.1, 0.15) is 10.4 Å². The lowest BCUT2D eigenvalue weighted by Crippen LogP contribution is -2.10. The van der Waals surface area contributed by atoms with Crippen LogP contribution in [0, 0.1) is 0 Å². The summed E-state index contributed by atoms with van der Waals surface area (Å²) in [5, 5.41) is 3.46. The van der Waals surface area contributed by atoms with Gasteiger partial charge in [0.25, 0.3) is 0 Å². The van der Waals surface area contributed by atoms with Gasteiger partial charge in [-0.15, -0.1) is 11.3 Å². The van der Waals surface area contributed by atoms with Crippen LogP contribution >= 0.6 is 27.3 Å². The van der Waals surface area contributed by atoms with Crippen molar-refractivity contribution in [2.45, 2.75) is 13.1 Å². The van der Waals surface area contributed by atoms with Crippen molar-refractivity contribution in [2.24, 2.45) is 0 Å². The molecule has 96 valence electrons. The Hall–Kier alpha value is -0.840. The first-order chi connectivity index (χ1) is 8.63. The van der Waals surface area contributed by atoms with E-state index in [9.17, 15) is 0 Å². The SMILES string of the molecule is CN(C)Cc1cccc(NCc2ccc(Br)s2)c1. The van der Waals surface area contributed by atoms with Crippen molar-refractivity contribution in [3.8, 4) is 0 Å². The van der Waals surface area contributed by atoms with E-state index in [1.54, 1.807) is 11.3 Å². The molecule has 2 nitrogen and oxygen atoms in total. The maximum absolute atomic E-state index is 3.48. The molecule has 0 bridgehead atoms. The number of hydrogen-bond donors (Lipinski definition) is 1. The van der Waals surface area contributed by atoms with Crippen LogP contribution in [0.5, 0.6) is 0 Å². The van der Waals surface area contributed by atoms with E-state index < -0.39 is 0 Å². The lowest BCUT2D eigenvalue weighted by Gasteiger charge is -2.11. The molecular formula is C14H17BrN2S. The highest BCUT2D eigenvalue weighted by Gasteiger charge is 2.00. The summed E-state index contributed by atoms with van der Waals surface area (Å²) in [5.74, 6) is 0. The molecule has 0 fully saturated rings. The molecule has 1 aromatic carbocycles. The first kappa shape index (κ1) is 13.6. The van der Waals surface area contributed by atoms with Crippen molar-refractivity contribution in [3.05, 3.63) is 50.6 Å². The molecule has 0 aliphatic carbocycles. The molecule has 4 heteroatoms. The number of nitrogens with zero attached hydrogens (tertiary/aromatic N) is 1. The molecule has 0 radical (unpaired) electrons. The van der Waals surface area contributed by atoms with Crippen molar-refractivity contribution in [3.63, 3.8) is 0 Å². The maximum atomic E-state index is 3.48. The fourth-order valence-corrected chi connectivity index (χ4v) is 3.20. The molecule has 18 heavy (non-hydrogen) atoms. The maximum Gasteiger partial charge on any atom is 0.0702 e. The van der Waals surface area contributed by atoms with Crippen LogP contribution in [0.25, 0.3) is 0 Å². The summed E-state index contributed by atoms with van der Waals surface area (Å²) >= 11 is 5.25. The van der Waals surface area contributed by atoms with E-state index in [-0.39, 0.29) is 0 Å². The molecule has 0 saturated heterocycles. The first-order valence-electron chi connectivity index (χ1n) is 5.85. The van der Waals surface area contributed by atoms with E-state index in [0.29, 0.717) is 0 Å². The van der Waals surface area contributed by atoms with Crippen LogP contribution in [-0.4, -0.2) is 19.0 Å². The Labute approximate surface area is 121 Å². The van der Waals surface area contributed by atoms with Gasteiger partial charge in [0, 0.05) is 23.7 Å². The van der Waals surface area contributed by atoms with Crippen molar-refractivity contribution in [2.75, 3.05) is 19.4 Å². The lowest BCUT2D eigenvalue weighted by atomic mass is 10.2. The van der Waals surface area contributed by atoms with Crippen LogP contribution in [0.4, 0.5) is 5.69 Å². The van der Waals surface area contributed by atoms with Crippen molar-refractivity contribution in [1.82, 2.24) is 4.90 Å². The largest absolute Gasteiger partial charge is 0.380 e. The van der Waals surface area contributed by atoms with Gasteiger partial charge in [0.2, 0.25) is 0 Å². The third-order valence-corrected chi connectivity index (χ3v) is 4.15. The van der Waals surface area contributed by atoms with Crippen molar-refractivity contribution in [1.29, 1.82) is 0 Å². The van der Waals surface area contributed by atoms with E-state index in [4.69, 9.17) is 0 Å². The number of thiophene rings is 1. The number of nitrogens with one attached hydrogen (secondary N) is 1. The molecule has 1 heterocycles. The second-order valence-electron chi connectivity index (χ2n) is 4.50. The third-order valence-electron chi connectivity index (χ3n) is 2.52. The molecule has 0 atom stereocenters. The highest BCUT2D eigenvalue weighted by Crippen LogP contribution is 2.23. The number of benzene rings is 1. The number of hydrogen-bond acceptors (Lipinski definition) is 3. The van der Waals surface area contributed by atoms with E-state index in [1.807, 2.05) is 0 Å². The van der Waals surface area contributed by atoms with Crippen LogP contribution < -0.4 is 5.32 Å². The first-order valence-corrected chi connectivity index (χ1v) is 7.46. The summed E-state index contributed by atoms with van der Waals surface area (Å²) in [6.45, 7) is 1.85. The predicted molar refractivity (Wildman–Crippen MR) is 83.2 cm³/mol. The number of halogens is 1. The zero-order valence-corrected chi connectivity index (χ0v) is 13.0. The Morgan fingerprint density at radius 3 is 2.72 bits per heavy atom. The van der Waals surface area contributed by atoms with E-state index in [1.165, 1.54) is 19.9 Å². The monoisotopic (exact) mass is 324 g/mol. The molecule has 0 amide bonds. The van der Waals surface area contributed by atoms with Gasteiger partial charge < -0.3 is 10.2 Å². The molecular weight excluding hydrogens is 308 g/mol. The smallest absolute Gasteiger partial charge is 0.0702 e. The molecule has 2 rings (SSSR count). The average Bonchev–Trinajstić information content (AvgIpc) is 2.72. The van der Waals surface area contributed by atoms with Gasteiger partial charge >= 0.3 is 0 Å². The second kappa shape index (κ2) is 6.36. The summed E-state index contributed by atoms with van der Waals surface area (Å²) in [4.78, 5) is 3.51. The molecule has 0 aliphatic rings. The fourth-order valence-electron chi connectivity index (χ4n) is 1.78. The molecule has 1 N–H and O–H groups in total. The van der Waals surface area contributed by atoms with Gasteiger partial charge in [-0.1, -0.05) is 12.1 Å². The minimum absolute atomic E-state index is 0.877. The van der Waals surface area contributed by atoms with Crippen LogP contribution in [0.15, 0.2) is 40.2 Å². The Morgan fingerprint density at radius 1 is 1.22 bits per heavy atom. The normalized spacial score (nSPS) is 10.9. The van der Waals surface area contributed by atoms with Gasteiger partial charge in [0.15, 0.2) is 0 Å². The Balaban J connectivity index is 1.96. The lowest BCUT2D eigenvalue weighted by molar-refractivity contribution is 0.402. The van der Waals surface area contributed by atoms with E-state index >= 15 is 0 Å². The quantitative estimate of drug-likeness (QED) is 0.887.